The summed E-state index contributed by atoms with van der Waals surface area (Å²) in [6.45, 7) is 3.56. The molecule has 0 aromatic heterocycles. The van der Waals surface area contributed by atoms with Gasteiger partial charge in [0.05, 0.1) is 19.5 Å². The van der Waals surface area contributed by atoms with Crippen LogP contribution < -0.4 is 0 Å². The van der Waals surface area contributed by atoms with Crippen LogP contribution in [-0.4, -0.2) is 12.8 Å². The van der Waals surface area contributed by atoms with Crippen LogP contribution in [0.5, 0.6) is 0 Å². The summed E-state index contributed by atoms with van der Waals surface area (Å²) in [4.78, 5) is 0. The molecule has 0 amide bonds. The van der Waals surface area contributed by atoms with E-state index in [1.165, 1.54) is 6.08 Å². The maximum Gasteiger partial charge on any atom is 0.124 e. The van der Waals surface area contributed by atoms with E-state index in [9.17, 15) is 8.78 Å². The maximum absolute atomic E-state index is 12.7. The summed E-state index contributed by atoms with van der Waals surface area (Å²) in [6.07, 6.45) is 2.26. The second kappa shape index (κ2) is 8.65. The van der Waals surface area contributed by atoms with Gasteiger partial charge in [0.1, 0.15) is 6.17 Å². The zero-order valence-electron chi connectivity index (χ0n) is 7.30. The highest BCUT2D eigenvalue weighted by Gasteiger charge is 2.04. The van der Waals surface area contributed by atoms with Gasteiger partial charge in [0, 0.05) is 0 Å². The summed E-state index contributed by atoms with van der Waals surface area (Å²) in [5, 5.41) is 0. The van der Waals surface area contributed by atoms with E-state index in [0.717, 1.165) is 6.42 Å². The molecule has 0 rings (SSSR count). The molecule has 0 heterocycles. The largest absolute Gasteiger partial charge is 0.373 e. The highest BCUT2D eigenvalue weighted by molar-refractivity contribution is 4.73. The number of alkyl halides is 1. The summed E-state index contributed by atoms with van der Waals surface area (Å²) in [7, 11) is 0. The fourth-order valence-corrected chi connectivity index (χ4v) is 0.714. The molecule has 0 aliphatic carbocycles. The Kier molecular flexibility index (Phi) is 8.34. The van der Waals surface area contributed by atoms with Crippen LogP contribution in [0.4, 0.5) is 8.78 Å². The van der Waals surface area contributed by atoms with E-state index < -0.39 is 6.17 Å². The van der Waals surface area contributed by atoms with Gasteiger partial charge in [0.15, 0.2) is 0 Å². The van der Waals surface area contributed by atoms with Gasteiger partial charge in [-0.3, -0.25) is 0 Å². The first-order chi connectivity index (χ1) is 5.81. The van der Waals surface area contributed by atoms with Gasteiger partial charge in [-0.05, 0) is 19.3 Å². The van der Waals surface area contributed by atoms with Gasteiger partial charge in [0.2, 0.25) is 0 Å². The molecule has 0 saturated carbocycles. The molecular weight excluding hydrogens is 162 g/mol. The Labute approximate surface area is 72.4 Å². The van der Waals surface area contributed by atoms with Gasteiger partial charge < -0.3 is 4.74 Å². The highest BCUT2D eigenvalue weighted by atomic mass is 19.1. The third-order valence-electron chi connectivity index (χ3n) is 1.30. The fraction of sp³-hybridized carbons (Fsp3) is 0.667. The predicted octanol–water partition coefficient (Wildman–Crippen LogP) is 3.18. The first-order valence-corrected chi connectivity index (χ1v) is 4.13. The van der Waals surface area contributed by atoms with Gasteiger partial charge in [-0.25, -0.2) is 8.78 Å². The van der Waals surface area contributed by atoms with Gasteiger partial charge in [-0.2, -0.15) is 0 Å². The molecule has 1 atom stereocenters. The molecular formula is C9H15F2O. The topological polar surface area (TPSA) is 9.23 Å². The lowest BCUT2D eigenvalue weighted by Gasteiger charge is -2.05. The smallest absolute Gasteiger partial charge is 0.124 e. The van der Waals surface area contributed by atoms with Crippen LogP contribution in [0, 0.1) is 6.61 Å². The lowest BCUT2D eigenvalue weighted by atomic mass is 10.2. The monoisotopic (exact) mass is 177 g/mol. The average molecular weight is 177 g/mol. The van der Waals surface area contributed by atoms with Crippen molar-refractivity contribution in [1.29, 1.82) is 0 Å². The van der Waals surface area contributed by atoms with Crippen molar-refractivity contribution in [3.8, 4) is 0 Å². The summed E-state index contributed by atoms with van der Waals surface area (Å²) < 4.78 is 29.0. The molecule has 0 aliphatic rings. The van der Waals surface area contributed by atoms with Crippen molar-refractivity contribution in [1.82, 2.24) is 0 Å². The lowest BCUT2D eigenvalue weighted by Crippen LogP contribution is -2.08. The molecule has 0 aromatic carbocycles. The van der Waals surface area contributed by atoms with Crippen LogP contribution >= 0.6 is 0 Å². The molecule has 0 bridgehead atoms. The molecule has 0 spiro atoms. The Morgan fingerprint density at radius 1 is 1.50 bits per heavy atom. The standard InChI is InChI=1S/C9H15F2O/c1-2-7-12-8-9(11)5-3-4-6-10/h4,6-7,9H,2-3,5,8H2,1H3. The van der Waals surface area contributed by atoms with Crippen molar-refractivity contribution in [2.24, 2.45) is 0 Å². The number of halogens is 2. The minimum absolute atomic E-state index is 0.0773. The number of rotatable bonds is 7. The Morgan fingerprint density at radius 3 is 2.83 bits per heavy atom. The second-order valence-corrected chi connectivity index (χ2v) is 2.44. The van der Waals surface area contributed by atoms with Crippen molar-refractivity contribution >= 4 is 0 Å². The van der Waals surface area contributed by atoms with E-state index in [4.69, 9.17) is 4.74 Å². The molecule has 3 heteroatoms. The Bertz CT molecular complexity index is 115. The van der Waals surface area contributed by atoms with E-state index in [-0.39, 0.29) is 6.61 Å². The van der Waals surface area contributed by atoms with Crippen molar-refractivity contribution in [3.63, 3.8) is 0 Å². The molecule has 0 fully saturated rings. The van der Waals surface area contributed by atoms with Crippen LogP contribution in [0.2, 0.25) is 0 Å². The number of ether oxygens (including phenoxy) is 1. The van der Waals surface area contributed by atoms with E-state index in [0.29, 0.717) is 19.2 Å². The quantitative estimate of drug-likeness (QED) is 0.543. The summed E-state index contributed by atoms with van der Waals surface area (Å²) in [5.41, 5.74) is 0. The second-order valence-electron chi connectivity index (χ2n) is 2.44. The van der Waals surface area contributed by atoms with Gasteiger partial charge in [-0.15, -0.1) is 0 Å². The summed E-state index contributed by atoms with van der Waals surface area (Å²) in [5.74, 6) is 0. The number of allylic oxidation sites excluding steroid dienone is 1. The normalized spacial score (nSPS) is 13.9. The Hall–Kier alpha value is -0.440. The third-order valence-corrected chi connectivity index (χ3v) is 1.30. The predicted molar refractivity (Wildman–Crippen MR) is 44.9 cm³/mol. The SMILES string of the molecule is CC[CH]OCC(F)CCC=CF. The molecule has 1 unspecified atom stereocenters. The highest BCUT2D eigenvalue weighted by Crippen LogP contribution is 2.04. The zero-order valence-corrected chi connectivity index (χ0v) is 7.30. The van der Waals surface area contributed by atoms with E-state index in [2.05, 4.69) is 0 Å². The Balaban J connectivity index is 3.15. The summed E-state index contributed by atoms with van der Waals surface area (Å²) in [6, 6.07) is 0. The minimum Gasteiger partial charge on any atom is -0.373 e. The van der Waals surface area contributed by atoms with Crippen molar-refractivity contribution in [2.45, 2.75) is 32.4 Å². The molecule has 0 N–H and O–H groups in total. The van der Waals surface area contributed by atoms with Crippen LogP contribution in [0.1, 0.15) is 26.2 Å². The van der Waals surface area contributed by atoms with E-state index >= 15 is 0 Å². The van der Waals surface area contributed by atoms with Crippen LogP contribution in [-0.2, 0) is 4.74 Å². The summed E-state index contributed by atoms with van der Waals surface area (Å²) >= 11 is 0. The van der Waals surface area contributed by atoms with Gasteiger partial charge >= 0.3 is 0 Å². The zero-order chi connectivity index (χ0) is 9.23. The maximum atomic E-state index is 12.7. The van der Waals surface area contributed by atoms with Crippen LogP contribution in [0.3, 0.4) is 0 Å². The van der Waals surface area contributed by atoms with Crippen LogP contribution in [0.15, 0.2) is 12.4 Å². The van der Waals surface area contributed by atoms with Crippen molar-refractivity contribution in [3.05, 3.63) is 19.0 Å². The molecule has 12 heavy (non-hydrogen) atoms. The third kappa shape index (κ3) is 7.66. The average Bonchev–Trinajstić information content (AvgIpc) is 2.06. The van der Waals surface area contributed by atoms with Crippen LogP contribution in [0.25, 0.3) is 0 Å². The van der Waals surface area contributed by atoms with Gasteiger partial charge in [-0.1, -0.05) is 13.0 Å². The molecule has 0 saturated heterocycles. The van der Waals surface area contributed by atoms with Crippen molar-refractivity contribution < 1.29 is 13.5 Å². The molecule has 1 radical (unpaired) electrons. The minimum atomic E-state index is -0.996. The number of hydrogen-bond donors (Lipinski definition) is 0. The van der Waals surface area contributed by atoms with E-state index in [1.807, 2.05) is 6.92 Å². The van der Waals surface area contributed by atoms with Gasteiger partial charge in [0.25, 0.3) is 0 Å². The fourth-order valence-electron chi connectivity index (χ4n) is 0.714. The molecule has 0 aliphatic heterocycles. The Morgan fingerprint density at radius 2 is 2.25 bits per heavy atom. The molecule has 71 valence electrons. The molecule has 0 aromatic rings. The number of hydrogen-bond acceptors (Lipinski definition) is 1. The van der Waals surface area contributed by atoms with E-state index in [1.54, 1.807) is 6.61 Å². The van der Waals surface area contributed by atoms with Crippen molar-refractivity contribution in [2.75, 3.05) is 6.61 Å². The molecule has 1 nitrogen and oxygen atoms in total. The first-order valence-electron chi connectivity index (χ1n) is 4.13. The lowest BCUT2D eigenvalue weighted by molar-refractivity contribution is 0.118. The first kappa shape index (κ1) is 11.6.